The molecule has 1 N–H and O–H groups in total. The number of carboxylic acid groups (broad SMARTS) is 1. The zero-order valence-electron chi connectivity index (χ0n) is 11.3. The molecule has 3 aromatic rings. The van der Waals surface area contributed by atoms with Crippen molar-refractivity contribution in [3.05, 3.63) is 60.4 Å². The molecular formula is C16H14N2O3. The van der Waals surface area contributed by atoms with Crippen LogP contribution in [0.2, 0.25) is 0 Å². The molecule has 0 aliphatic heterocycles. The van der Waals surface area contributed by atoms with Crippen molar-refractivity contribution >= 4 is 17.0 Å². The second-order valence-corrected chi connectivity index (χ2v) is 4.61. The van der Waals surface area contributed by atoms with E-state index in [2.05, 4.69) is 4.98 Å². The van der Waals surface area contributed by atoms with Gasteiger partial charge in [-0.1, -0.05) is 18.2 Å². The maximum Gasteiger partial charge on any atom is 0.335 e. The number of carbonyl (C=O) groups is 1. The van der Waals surface area contributed by atoms with Crippen LogP contribution in [0.1, 0.15) is 10.4 Å². The molecule has 0 aliphatic rings. The number of ether oxygens (including phenoxy) is 1. The highest BCUT2D eigenvalue weighted by Crippen LogP contribution is 2.15. The lowest BCUT2D eigenvalue weighted by Crippen LogP contribution is -2.07. The van der Waals surface area contributed by atoms with Gasteiger partial charge < -0.3 is 14.4 Å². The van der Waals surface area contributed by atoms with Gasteiger partial charge in [0.05, 0.1) is 29.5 Å². The van der Waals surface area contributed by atoms with Gasteiger partial charge in [0.2, 0.25) is 0 Å². The molecule has 0 radical (unpaired) electrons. The van der Waals surface area contributed by atoms with Crippen molar-refractivity contribution in [2.24, 2.45) is 0 Å². The van der Waals surface area contributed by atoms with Gasteiger partial charge in [0.25, 0.3) is 0 Å². The topological polar surface area (TPSA) is 64.3 Å². The van der Waals surface area contributed by atoms with Gasteiger partial charge in [-0.2, -0.15) is 0 Å². The smallest absolute Gasteiger partial charge is 0.335 e. The molecule has 0 aliphatic carbocycles. The van der Waals surface area contributed by atoms with Crippen LogP contribution in [0, 0.1) is 0 Å². The molecule has 3 rings (SSSR count). The van der Waals surface area contributed by atoms with Crippen LogP contribution in [0.3, 0.4) is 0 Å². The Morgan fingerprint density at radius 3 is 2.76 bits per heavy atom. The third-order valence-electron chi connectivity index (χ3n) is 3.21. The van der Waals surface area contributed by atoms with E-state index in [9.17, 15) is 4.79 Å². The molecule has 5 heteroatoms. The summed E-state index contributed by atoms with van der Waals surface area (Å²) in [6.07, 6.45) is 1.70. The monoisotopic (exact) mass is 282 g/mol. The lowest BCUT2D eigenvalue weighted by atomic mass is 10.2. The lowest BCUT2D eigenvalue weighted by Gasteiger charge is -2.07. The molecule has 0 amide bonds. The fourth-order valence-corrected chi connectivity index (χ4v) is 2.15. The van der Waals surface area contributed by atoms with Crippen LogP contribution < -0.4 is 4.74 Å². The fraction of sp³-hybridized carbons (Fsp3) is 0.125. The van der Waals surface area contributed by atoms with E-state index in [0.717, 1.165) is 11.3 Å². The Hall–Kier alpha value is -2.82. The van der Waals surface area contributed by atoms with E-state index in [0.29, 0.717) is 18.7 Å². The first-order valence-electron chi connectivity index (χ1n) is 6.60. The molecular weight excluding hydrogens is 268 g/mol. The minimum Gasteiger partial charge on any atom is -0.492 e. The van der Waals surface area contributed by atoms with E-state index in [1.54, 1.807) is 24.5 Å². The van der Waals surface area contributed by atoms with Gasteiger partial charge in [0.1, 0.15) is 12.4 Å². The first-order chi connectivity index (χ1) is 10.2. The van der Waals surface area contributed by atoms with Crippen LogP contribution in [-0.4, -0.2) is 27.2 Å². The van der Waals surface area contributed by atoms with Crippen LogP contribution in [0.4, 0.5) is 0 Å². The Balaban J connectivity index is 1.71. The predicted octanol–water partition coefficient (Wildman–Crippen LogP) is 2.81. The van der Waals surface area contributed by atoms with Crippen molar-refractivity contribution in [1.82, 2.24) is 9.55 Å². The number of benzene rings is 2. The quantitative estimate of drug-likeness (QED) is 0.781. The third kappa shape index (κ3) is 2.86. The van der Waals surface area contributed by atoms with Crippen molar-refractivity contribution < 1.29 is 14.6 Å². The van der Waals surface area contributed by atoms with Crippen LogP contribution in [0.25, 0.3) is 11.0 Å². The highest BCUT2D eigenvalue weighted by atomic mass is 16.5. The molecule has 0 saturated heterocycles. The second-order valence-electron chi connectivity index (χ2n) is 4.61. The molecule has 0 fully saturated rings. The molecule has 106 valence electrons. The summed E-state index contributed by atoms with van der Waals surface area (Å²) in [5, 5.41) is 8.96. The second kappa shape index (κ2) is 5.66. The Morgan fingerprint density at radius 1 is 1.19 bits per heavy atom. The Labute approximate surface area is 121 Å². The number of imidazole rings is 1. The van der Waals surface area contributed by atoms with Crippen molar-refractivity contribution in [2.45, 2.75) is 6.54 Å². The van der Waals surface area contributed by atoms with E-state index in [-0.39, 0.29) is 5.56 Å². The Morgan fingerprint density at radius 2 is 2.00 bits per heavy atom. The fourth-order valence-electron chi connectivity index (χ4n) is 2.15. The van der Waals surface area contributed by atoms with E-state index < -0.39 is 5.97 Å². The Kier molecular flexibility index (Phi) is 3.55. The summed E-state index contributed by atoms with van der Waals surface area (Å²) < 4.78 is 7.60. The SMILES string of the molecule is O=C(O)c1ccc2c(c1)ncn2CCOc1ccccc1. The number of aromatic carboxylic acids is 1. The normalized spacial score (nSPS) is 10.7. The standard InChI is InChI=1S/C16H14N2O3/c19-16(20)12-6-7-15-14(10-12)17-11-18(15)8-9-21-13-4-2-1-3-5-13/h1-7,10-11H,8-9H2,(H,19,20). The summed E-state index contributed by atoms with van der Waals surface area (Å²) >= 11 is 0. The number of nitrogens with zero attached hydrogens (tertiary/aromatic N) is 2. The van der Waals surface area contributed by atoms with Crippen molar-refractivity contribution in [3.63, 3.8) is 0 Å². The van der Waals surface area contributed by atoms with E-state index in [1.165, 1.54) is 0 Å². The van der Waals surface area contributed by atoms with Crippen molar-refractivity contribution in [1.29, 1.82) is 0 Å². The predicted molar refractivity (Wildman–Crippen MR) is 78.6 cm³/mol. The Bertz CT molecular complexity index is 766. The minimum atomic E-state index is -0.945. The number of para-hydroxylation sites is 1. The number of fused-ring (bicyclic) bond motifs is 1. The van der Waals surface area contributed by atoms with E-state index >= 15 is 0 Å². The van der Waals surface area contributed by atoms with Gasteiger partial charge in [0.15, 0.2) is 0 Å². The lowest BCUT2D eigenvalue weighted by molar-refractivity contribution is 0.0697. The highest BCUT2D eigenvalue weighted by molar-refractivity contribution is 5.92. The van der Waals surface area contributed by atoms with E-state index in [4.69, 9.17) is 9.84 Å². The molecule has 1 aromatic heterocycles. The number of aromatic nitrogens is 2. The van der Waals surface area contributed by atoms with Crippen LogP contribution in [-0.2, 0) is 6.54 Å². The van der Waals surface area contributed by atoms with Crippen LogP contribution in [0.5, 0.6) is 5.75 Å². The summed E-state index contributed by atoms with van der Waals surface area (Å²) in [5.41, 5.74) is 1.82. The van der Waals surface area contributed by atoms with E-state index in [1.807, 2.05) is 34.9 Å². The zero-order valence-corrected chi connectivity index (χ0v) is 11.3. The van der Waals surface area contributed by atoms with Crippen molar-refractivity contribution in [2.75, 3.05) is 6.61 Å². The number of carboxylic acids is 1. The minimum absolute atomic E-state index is 0.244. The first-order valence-corrected chi connectivity index (χ1v) is 6.60. The van der Waals surface area contributed by atoms with Gasteiger partial charge in [-0.3, -0.25) is 0 Å². The van der Waals surface area contributed by atoms with Gasteiger partial charge in [-0.05, 0) is 30.3 Å². The van der Waals surface area contributed by atoms with Crippen molar-refractivity contribution in [3.8, 4) is 5.75 Å². The molecule has 0 saturated carbocycles. The van der Waals surface area contributed by atoms with Gasteiger partial charge in [-0.15, -0.1) is 0 Å². The average Bonchev–Trinajstić information content (AvgIpc) is 2.91. The summed E-state index contributed by atoms with van der Waals surface area (Å²) in [4.78, 5) is 15.2. The van der Waals surface area contributed by atoms with Gasteiger partial charge >= 0.3 is 5.97 Å². The summed E-state index contributed by atoms with van der Waals surface area (Å²) in [6, 6.07) is 14.5. The first kappa shape index (κ1) is 13.2. The molecule has 2 aromatic carbocycles. The average molecular weight is 282 g/mol. The maximum atomic E-state index is 10.9. The molecule has 21 heavy (non-hydrogen) atoms. The van der Waals surface area contributed by atoms with Crippen LogP contribution in [0.15, 0.2) is 54.9 Å². The van der Waals surface area contributed by atoms with Gasteiger partial charge in [-0.25, -0.2) is 9.78 Å². The molecule has 5 nitrogen and oxygen atoms in total. The van der Waals surface area contributed by atoms with Gasteiger partial charge in [0, 0.05) is 0 Å². The molecule has 0 atom stereocenters. The maximum absolute atomic E-state index is 10.9. The number of rotatable bonds is 5. The molecule has 1 heterocycles. The number of hydrogen-bond acceptors (Lipinski definition) is 3. The highest BCUT2D eigenvalue weighted by Gasteiger charge is 2.07. The number of hydrogen-bond donors (Lipinski definition) is 1. The molecule has 0 unspecified atom stereocenters. The van der Waals surface area contributed by atoms with Crippen LogP contribution >= 0.6 is 0 Å². The third-order valence-corrected chi connectivity index (χ3v) is 3.21. The zero-order chi connectivity index (χ0) is 14.7. The summed E-state index contributed by atoms with van der Waals surface area (Å²) in [7, 11) is 0. The molecule has 0 spiro atoms. The molecule has 0 bridgehead atoms. The largest absolute Gasteiger partial charge is 0.492 e. The summed E-state index contributed by atoms with van der Waals surface area (Å²) in [6.45, 7) is 1.17. The summed E-state index contributed by atoms with van der Waals surface area (Å²) in [5.74, 6) is -0.117.